The van der Waals surface area contributed by atoms with Crippen molar-refractivity contribution >= 4 is 12.0 Å². The number of nitrogens with zero attached hydrogens (tertiary/aromatic N) is 2. The fourth-order valence-electron chi connectivity index (χ4n) is 3.47. The van der Waals surface area contributed by atoms with E-state index in [1.807, 2.05) is 0 Å². The first-order valence-corrected chi connectivity index (χ1v) is 7.29. The monoisotopic (exact) mass is 258 g/mol. The van der Waals surface area contributed by atoms with Gasteiger partial charge >= 0.3 is 0 Å². The normalized spacial score (nSPS) is 25.1. The van der Waals surface area contributed by atoms with Crippen LogP contribution in [0.15, 0.2) is 24.3 Å². The number of fused-ring (bicyclic) bond motifs is 1. The van der Waals surface area contributed by atoms with E-state index in [4.69, 9.17) is 0 Å². The highest BCUT2D eigenvalue weighted by Crippen LogP contribution is 2.34. The van der Waals surface area contributed by atoms with E-state index in [0.29, 0.717) is 6.04 Å². The molecular formula is C16H22N2O. The topological polar surface area (TPSA) is 23.6 Å². The fraction of sp³-hybridized carbons (Fsp3) is 0.562. The molecule has 0 aromatic heterocycles. The van der Waals surface area contributed by atoms with Crippen LogP contribution in [0.4, 0.5) is 5.69 Å². The minimum atomic E-state index is 0.0725. The maximum Gasteiger partial charge on any atom is 0.142 e. The van der Waals surface area contributed by atoms with E-state index >= 15 is 0 Å². The SMILES string of the molecule is CN1CCC(N2c3ccccc3CCC2C=O)CC1. The summed E-state index contributed by atoms with van der Waals surface area (Å²) in [6.45, 7) is 2.27. The highest BCUT2D eigenvalue weighted by Gasteiger charge is 2.32. The number of piperidine rings is 1. The lowest BCUT2D eigenvalue weighted by Gasteiger charge is -2.44. The summed E-state index contributed by atoms with van der Waals surface area (Å²) in [5.41, 5.74) is 2.69. The summed E-state index contributed by atoms with van der Waals surface area (Å²) in [4.78, 5) is 16.2. The molecule has 2 heterocycles. The number of hydrogen-bond donors (Lipinski definition) is 0. The number of benzene rings is 1. The molecule has 2 aliphatic rings. The molecule has 2 aliphatic heterocycles. The molecule has 0 radical (unpaired) electrons. The second kappa shape index (κ2) is 5.33. The Bertz CT molecular complexity index is 452. The van der Waals surface area contributed by atoms with E-state index in [2.05, 4.69) is 41.1 Å². The van der Waals surface area contributed by atoms with Gasteiger partial charge in [0.2, 0.25) is 0 Å². The van der Waals surface area contributed by atoms with Gasteiger partial charge in [-0.15, -0.1) is 0 Å². The third-order valence-electron chi connectivity index (χ3n) is 4.58. The van der Waals surface area contributed by atoms with Gasteiger partial charge in [0.25, 0.3) is 0 Å². The van der Waals surface area contributed by atoms with Gasteiger partial charge in [-0.1, -0.05) is 18.2 Å². The lowest BCUT2D eigenvalue weighted by atomic mass is 9.92. The number of aldehydes is 1. The van der Waals surface area contributed by atoms with Gasteiger partial charge < -0.3 is 14.6 Å². The predicted molar refractivity (Wildman–Crippen MR) is 77.6 cm³/mol. The van der Waals surface area contributed by atoms with Crippen molar-refractivity contribution in [3.63, 3.8) is 0 Å². The van der Waals surface area contributed by atoms with E-state index < -0.39 is 0 Å². The van der Waals surface area contributed by atoms with Crippen LogP contribution in [-0.4, -0.2) is 43.4 Å². The van der Waals surface area contributed by atoms with Crippen molar-refractivity contribution in [2.24, 2.45) is 0 Å². The van der Waals surface area contributed by atoms with E-state index in [1.54, 1.807) is 0 Å². The average Bonchev–Trinajstić information content (AvgIpc) is 2.47. The van der Waals surface area contributed by atoms with Crippen molar-refractivity contribution in [2.45, 2.75) is 37.8 Å². The van der Waals surface area contributed by atoms with Crippen LogP contribution < -0.4 is 4.90 Å². The summed E-state index contributed by atoms with van der Waals surface area (Å²) in [5.74, 6) is 0. The second-order valence-corrected chi connectivity index (χ2v) is 5.81. The first-order valence-electron chi connectivity index (χ1n) is 7.29. The Morgan fingerprint density at radius 1 is 1.16 bits per heavy atom. The number of hydrogen-bond acceptors (Lipinski definition) is 3. The molecule has 1 fully saturated rings. The number of aryl methyl sites for hydroxylation is 1. The molecule has 19 heavy (non-hydrogen) atoms. The van der Waals surface area contributed by atoms with Crippen molar-refractivity contribution in [2.75, 3.05) is 25.0 Å². The van der Waals surface area contributed by atoms with Gasteiger partial charge in [0.1, 0.15) is 6.29 Å². The molecule has 0 bridgehead atoms. The molecule has 0 N–H and O–H groups in total. The van der Waals surface area contributed by atoms with Crippen LogP contribution in [-0.2, 0) is 11.2 Å². The third-order valence-corrected chi connectivity index (χ3v) is 4.58. The summed E-state index contributed by atoms with van der Waals surface area (Å²) >= 11 is 0. The van der Waals surface area contributed by atoms with Gasteiger partial charge in [0.05, 0.1) is 6.04 Å². The molecular weight excluding hydrogens is 236 g/mol. The Balaban J connectivity index is 1.90. The molecule has 1 saturated heterocycles. The fourth-order valence-corrected chi connectivity index (χ4v) is 3.47. The Hall–Kier alpha value is -1.35. The van der Waals surface area contributed by atoms with Gasteiger partial charge in [0, 0.05) is 11.7 Å². The number of carbonyl (C=O) groups is 1. The van der Waals surface area contributed by atoms with Crippen LogP contribution in [0.25, 0.3) is 0 Å². The molecule has 0 aliphatic carbocycles. The maximum absolute atomic E-state index is 11.4. The number of likely N-dealkylation sites (tertiary alicyclic amines) is 1. The van der Waals surface area contributed by atoms with Crippen molar-refractivity contribution in [1.82, 2.24) is 4.90 Å². The second-order valence-electron chi connectivity index (χ2n) is 5.81. The van der Waals surface area contributed by atoms with Gasteiger partial charge in [-0.2, -0.15) is 0 Å². The molecule has 1 aromatic rings. The summed E-state index contributed by atoms with van der Waals surface area (Å²) in [6, 6.07) is 9.18. The van der Waals surface area contributed by atoms with Crippen LogP contribution in [0.5, 0.6) is 0 Å². The molecule has 0 saturated carbocycles. The molecule has 1 atom stereocenters. The zero-order valence-corrected chi connectivity index (χ0v) is 11.6. The summed E-state index contributed by atoms with van der Waals surface area (Å²) in [5, 5.41) is 0. The van der Waals surface area contributed by atoms with Crippen LogP contribution in [0, 0.1) is 0 Å². The Kier molecular flexibility index (Phi) is 3.56. The lowest BCUT2D eigenvalue weighted by molar-refractivity contribution is -0.109. The Labute approximate surface area is 115 Å². The predicted octanol–water partition coefficient (Wildman–Crippen LogP) is 2.10. The van der Waals surface area contributed by atoms with Gasteiger partial charge in [-0.05, 0) is 57.5 Å². The molecule has 1 unspecified atom stereocenters. The highest BCUT2D eigenvalue weighted by atomic mass is 16.1. The molecule has 3 heteroatoms. The van der Waals surface area contributed by atoms with E-state index in [1.165, 1.54) is 11.3 Å². The summed E-state index contributed by atoms with van der Waals surface area (Å²) in [7, 11) is 2.18. The van der Waals surface area contributed by atoms with Crippen LogP contribution in [0.3, 0.4) is 0 Å². The first-order chi connectivity index (χ1) is 9.29. The zero-order chi connectivity index (χ0) is 13.2. The lowest BCUT2D eigenvalue weighted by Crippen LogP contribution is -2.51. The van der Waals surface area contributed by atoms with Crippen molar-refractivity contribution in [1.29, 1.82) is 0 Å². The molecule has 102 valence electrons. The minimum Gasteiger partial charge on any atom is -0.358 e. The van der Waals surface area contributed by atoms with Crippen LogP contribution in [0.1, 0.15) is 24.8 Å². The van der Waals surface area contributed by atoms with E-state index in [0.717, 1.165) is 45.1 Å². The van der Waals surface area contributed by atoms with Crippen molar-refractivity contribution in [3.8, 4) is 0 Å². The molecule has 3 rings (SSSR count). The highest BCUT2D eigenvalue weighted by molar-refractivity contribution is 5.70. The standard InChI is InChI=1S/C16H22N2O/c1-17-10-8-14(9-11-17)18-15(12-19)7-6-13-4-2-3-5-16(13)18/h2-5,12,14-15H,6-11H2,1H3. The molecule has 0 amide bonds. The number of rotatable bonds is 2. The molecule has 1 aromatic carbocycles. The largest absolute Gasteiger partial charge is 0.358 e. The van der Waals surface area contributed by atoms with E-state index in [9.17, 15) is 4.79 Å². The minimum absolute atomic E-state index is 0.0725. The molecule has 0 spiro atoms. The maximum atomic E-state index is 11.4. The third kappa shape index (κ3) is 2.39. The van der Waals surface area contributed by atoms with Gasteiger partial charge in [-0.25, -0.2) is 0 Å². The first kappa shape index (κ1) is 12.7. The van der Waals surface area contributed by atoms with Crippen LogP contribution >= 0.6 is 0 Å². The quantitative estimate of drug-likeness (QED) is 0.759. The Morgan fingerprint density at radius 3 is 2.63 bits per heavy atom. The zero-order valence-electron chi connectivity index (χ0n) is 11.6. The number of anilines is 1. The van der Waals surface area contributed by atoms with Crippen molar-refractivity contribution in [3.05, 3.63) is 29.8 Å². The summed E-state index contributed by atoms with van der Waals surface area (Å²) < 4.78 is 0. The van der Waals surface area contributed by atoms with Gasteiger partial charge in [-0.3, -0.25) is 0 Å². The van der Waals surface area contributed by atoms with E-state index in [-0.39, 0.29) is 6.04 Å². The van der Waals surface area contributed by atoms with Gasteiger partial charge in [0.15, 0.2) is 0 Å². The molecule has 3 nitrogen and oxygen atoms in total. The number of carbonyl (C=O) groups excluding carboxylic acids is 1. The van der Waals surface area contributed by atoms with Crippen LogP contribution in [0.2, 0.25) is 0 Å². The summed E-state index contributed by atoms with van der Waals surface area (Å²) in [6.07, 6.45) is 5.47. The van der Waals surface area contributed by atoms with Crippen molar-refractivity contribution < 1.29 is 4.79 Å². The number of para-hydroxylation sites is 1. The Morgan fingerprint density at radius 2 is 1.89 bits per heavy atom. The average molecular weight is 258 g/mol. The smallest absolute Gasteiger partial charge is 0.142 e.